The molecule has 0 aliphatic heterocycles. The molecule has 0 heterocycles. The van der Waals surface area contributed by atoms with Gasteiger partial charge >= 0.3 is 0 Å². The molecule has 0 aliphatic rings. The van der Waals surface area contributed by atoms with Crippen molar-refractivity contribution in [3.05, 3.63) is 0 Å². The van der Waals surface area contributed by atoms with Gasteiger partial charge in [0.05, 0.1) is 0 Å². The lowest BCUT2D eigenvalue weighted by atomic mass is 11.3. The SMILES string of the molecule is C=NSC(N)=NC. The standard InChI is InChI=1S/C3H7N3S/c1-5-3(4)7-6-2/h2H2,1H3,(H2,4,5). The summed E-state index contributed by atoms with van der Waals surface area (Å²) >= 11 is 1.07. The maximum Gasteiger partial charge on any atom is 0.176 e. The van der Waals surface area contributed by atoms with Crippen LogP contribution in [0.2, 0.25) is 0 Å². The first kappa shape index (κ1) is 6.49. The zero-order valence-corrected chi connectivity index (χ0v) is 4.90. The van der Waals surface area contributed by atoms with E-state index in [1.54, 1.807) is 7.05 Å². The van der Waals surface area contributed by atoms with Gasteiger partial charge in [0.15, 0.2) is 5.17 Å². The highest BCUT2D eigenvalue weighted by atomic mass is 32.2. The van der Waals surface area contributed by atoms with E-state index in [-0.39, 0.29) is 0 Å². The third-order valence-electron chi connectivity index (χ3n) is 0.378. The first-order valence-electron chi connectivity index (χ1n) is 1.66. The molecule has 40 valence electrons. The van der Waals surface area contributed by atoms with Crippen LogP contribution in [0.25, 0.3) is 0 Å². The molecule has 0 aromatic carbocycles. The molecule has 0 spiro atoms. The Hall–Kier alpha value is -0.510. The lowest BCUT2D eigenvalue weighted by Gasteiger charge is -1.85. The minimum atomic E-state index is 0.440. The van der Waals surface area contributed by atoms with Gasteiger partial charge in [0.2, 0.25) is 0 Å². The molecule has 0 bridgehead atoms. The van der Waals surface area contributed by atoms with Crippen molar-refractivity contribution in [2.75, 3.05) is 7.05 Å². The summed E-state index contributed by atoms with van der Waals surface area (Å²) in [7, 11) is 1.60. The predicted octanol–water partition coefficient (Wildman–Crippen LogP) is 0.280. The molecule has 0 aliphatic carbocycles. The first-order chi connectivity index (χ1) is 3.31. The van der Waals surface area contributed by atoms with Crippen LogP contribution in [-0.2, 0) is 0 Å². The molecular formula is C3H7N3S. The molecule has 0 aromatic heterocycles. The van der Waals surface area contributed by atoms with Gasteiger partial charge < -0.3 is 5.73 Å². The Morgan fingerprint density at radius 2 is 2.43 bits per heavy atom. The number of hydrogen-bond donors (Lipinski definition) is 1. The summed E-state index contributed by atoms with van der Waals surface area (Å²) in [6.07, 6.45) is 0. The summed E-state index contributed by atoms with van der Waals surface area (Å²) < 4.78 is 3.42. The van der Waals surface area contributed by atoms with Gasteiger partial charge in [-0.05, 0) is 6.72 Å². The number of amidine groups is 1. The minimum Gasteiger partial charge on any atom is -0.377 e. The molecule has 3 nitrogen and oxygen atoms in total. The van der Waals surface area contributed by atoms with E-state index in [2.05, 4.69) is 16.1 Å². The van der Waals surface area contributed by atoms with Crippen LogP contribution >= 0.6 is 11.9 Å². The van der Waals surface area contributed by atoms with Crippen LogP contribution in [-0.4, -0.2) is 18.9 Å². The number of nitrogens with zero attached hydrogens (tertiary/aromatic N) is 2. The molecule has 0 fully saturated rings. The summed E-state index contributed by atoms with van der Waals surface area (Å²) in [5.41, 5.74) is 5.16. The smallest absolute Gasteiger partial charge is 0.176 e. The number of aliphatic imine (C=N–C) groups is 1. The van der Waals surface area contributed by atoms with Crippen LogP contribution in [0.3, 0.4) is 0 Å². The van der Waals surface area contributed by atoms with Crippen molar-refractivity contribution in [1.82, 2.24) is 0 Å². The third-order valence-corrected chi connectivity index (χ3v) is 0.877. The Bertz CT molecular complexity index is 88.2. The first-order valence-corrected chi connectivity index (χ1v) is 2.44. The minimum absolute atomic E-state index is 0.440. The van der Waals surface area contributed by atoms with E-state index in [0.717, 1.165) is 11.9 Å². The van der Waals surface area contributed by atoms with Gasteiger partial charge in [-0.3, -0.25) is 4.99 Å². The van der Waals surface area contributed by atoms with Crippen molar-refractivity contribution in [2.24, 2.45) is 15.1 Å². The highest BCUT2D eigenvalue weighted by molar-refractivity contribution is 8.12. The maximum atomic E-state index is 5.16. The van der Waals surface area contributed by atoms with Crippen molar-refractivity contribution in [1.29, 1.82) is 0 Å². The van der Waals surface area contributed by atoms with Gasteiger partial charge in [-0.25, -0.2) is 4.40 Å². The largest absolute Gasteiger partial charge is 0.377 e. The van der Waals surface area contributed by atoms with Crippen LogP contribution in [0, 0.1) is 0 Å². The fraction of sp³-hybridized carbons (Fsp3) is 0.333. The van der Waals surface area contributed by atoms with E-state index in [4.69, 9.17) is 5.73 Å². The fourth-order valence-electron chi connectivity index (χ4n) is 0.107. The summed E-state index contributed by atoms with van der Waals surface area (Å²) in [5.74, 6) is 0. The van der Waals surface area contributed by atoms with E-state index in [0.29, 0.717) is 5.17 Å². The molecule has 0 amide bonds. The molecule has 0 rings (SSSR count). The fourth-order valence-corrected chi connectivity index (χ4v) is 0.321. The predicted molar refractivity (Wildman–Crippen MR) is 34.7 cm³/mol. The van der Waals surface area contributed by atoms with Gasteiger partial charge in [-0.15, -0.1) is 0 Å². The van der Waals surface area contributed by atoms with Crippen molar-refractivity contribution in [3.8, 4) is 0 Å². The summed E-state index contributed by atoms with van der Waals surface area (Å²) in [4.78, 5) is 3.60. The lowest BCUT2D eigenvalue weighted by Crippen LogP contribution is -2.03. The molecule has 0 saturated heterocycles. The second-order valence-corrected chi connectivity index (χ2v) is 1.64. The molecule has 0 radical (unpaired) electrons. The average Bonchev–Trinajstić information content (AvgIpc) is 1.68. The summed E-state index contributed by atoms with van der Waals surface area (Å²) in [6.45, 7) is 3.20. The van der Waals surface area contributed by atoms with Crippen LogP contribution in [0.5, 0.6) is 0 Å². The van der Waals surface area contributed by atoms with Gasteiger partial charge in [-0.2, -0.15) is 0 Å². The summed E-state index contributed by atoms with van der Waals surface area (Å²) in [5, 5.41) is 0.440. The molecular weight excluding hydrogens is 110 g/mol. The van der Waals surface area contributed by atoms with Gasteiger partial charge in [-0.1, -0.05) is 0 Å². The maximum absolute atomic E-state index is 5.16. The van der Waals surface area contributed by atoms with Crippen molar-refractivity contribution in [3.63, 3.8) is 0 Å². The number of nitrogens with two attached hydrogens (primary N) is 1. The lowest BCUT2D eigenvalue weighted by molar-refractivity contribution is 1.44. The monoisotopic (exact) mass is 117 g/mol. The van der Waals surface area contributed by atoms with Crippen LogP contribution in [0.4, 0.5) is 0 Å². The molecule has 0 atom stereocenters. The number of hydrogen-bond acceptors (Lipinski definition) is 3. The Morgan fingerprint density at radius 1 is 1.86 bits per heavy atom. The molecule has 7 heavy (non-hydrogen) atoms. The topological polar surface area (TPSA) is 50.7 Å². The van der Waals surface area contributed by atoms with Gasteiger partial charge in [0.1, 0.15) is 0 Å². The Kier molecular flexibility index (Phi) is 3.40. The van der Waals surface area contributed by atoms with Crippen molar-refractivity contribution in [2.45, 2.75) is 0 Å². The Balaban J connectivity index is 3.36. The highest BCUT2D eigenvalue weighted by Gasteiger charge is 1.81. The van der Waals surface area contributed by atoms with Crippen molar-refractivity contribution >= 4 is 23.8 Å². The second kappa shape index (κ2) is 3.67. The van der Waals surface area contributed by atoms with Crippen LogP contribution in [0.15, 0.2) is 9.39 Å². The van der Waals surface area contributed by atoms with Gasteiger partial charge in [0.25, 0.3) is 0 Å². The zero-order valence-electron chi connectivity index (χ0n) is 4.09. The van der Waals surface area contributed by atoms with Crippen LogP contribution < -0.4 is 5.73 Å². The third kappa shape index (κ3) is 3.32. The quantitative estimate of drug-likeness (QED) is 0.304. The van der Waals surface area contributed by atoms with Crippen LogP contribution in [0.1, 0.15) is 0 Å². The van der Waals surface area contributed by atoms with Gasteiger partial charge in [0, 0.05) is 19.0 Å². The second-order valence-electron chi connectivity index (χ2n) is 0.782. The van der Waals surface area contributed by atoms with E-state index in [1.807, 2.05) is 0 Å². The summed E-state index contributed by atoms with van der Waals surface area (Å²) in [6, 6.07) is 0. The Morgan fingerprint density at radius 3 is 2.57 bits per heavy atom. The van der Waals surface area contributed by atoms with E-state index in [1.165, 1.54) is 0 Å². The van der Waals surface area contributed by atoms with E-state index < -0.39 is 0 Å². The van der Waals surface area contributed by atoms with E-state index in [9.17, 15) is 0 Å². The normalized spacial score (nSPS) is 11.3. The molecule has 2 N–H and O–H groups in total. The zero-order chi connectivity index (χ0) is 5.70. The molecule has 0 aromatic rings. The highest BCUT2D eigenvalue weighted by Crippen LogP contribution is 1.96. The molecule has 4 heteroatoms. The molecule has 0 unspecified atom stereocenters. The van der Waals surface area contributed by atoms with Crippen molar-refractivity contribution < 1.29 is 0 Å². The number of rotatable bonds is 1. The average molecular weight is 117 g/mol. The van der Waals surface area contributed by atoms with E-state index >= 15 is 0 Å². The molecule has 0 saturated carbocycles. The Labute approximate surface area is 46.9 Å².